The number of rotatable bonds is 7. The van der Waals surface area contributed by atoms with Gasteiger partial charge in [-0.2, -0.15) is 13.2 Å². The van der Waals surface area contributed by atoms with E-state index in [2.05, 4.69) is 4.74 Å². The van der Waals surface area contributed by atoms with Crippen molar-refractivity contribution in [3.8, 4) is 11.5 Å². The first-order valence-electron chi connectivity index (χ1n) is 5.62. The van der Waals surface area contributed by atoms with Gasteiger partial charge in [0.2, 0.25) is 0 Å². The average molecular weight is 329 g/mol. The maximum atomic E-state index is 11.8. The van der Waals surface area contributed by atoms with Crippen molar-refractivity contribution in [2.45, 2.75) is 6.18 Å². The molecule has 0 radical (unpaired) electrons. The van der Waals surface area contributed by atoms with E-state index in [-0.39, 0.29) is 35.3 Å². The molecule has 0 aromatic heterocycles. The highest BCUT2D eigenvalue weighted by Gasteiger charge is 2.27. The molecule has 0 saturated heterocycles. The van der Waals surface area contributed by atoms with Crippen LogP contribution < -0.4 is 9.47 Å². The predicted molar refractivity (Wildman–Crippen MR) is 67.3 cm³/mol. The van der Waals surface area contributed by atoms with Crippen LogP contribution in [0, 0.1) is 0 Å². The summed E-state index contributed by atoms with van der Waals surface area (Å²) in [4.78, 5) is 10.8. The Bertz CT molecular complexity index is 504. The van der Waals surface area contributed by atoms with Crippen LogP contribution in [0.5, 0.6) is 11.5 Å². The van der Waals surface area contributed by atoms with Crippen molar-refractivity contribution in [2.75, 3.05) is 26.9 Å². The lowest BCUT2D eigenvalue weighted by molar-refractivity contribution is -0.175. The Morgan fingerprint density at radius 1 is 1.33 bits per heavy atom. The standard InChI is InChI=1S/C12H12ClF3O5/c1-19-9-5-7(11(17)18)4-8(13)10(9)21-3-2-20-6-12(14,15)16/h4-5H,2-3,6H2,1H3,(H,17,18). The topological polar surface area (TPSA) is 65.0 Å². The number of carbonyl (C=O) groups is 1. The molecular formula is C12H12ClF3O5. The van der Waals surface area contributed by atoms with Crippen LogP contribution in [-0.4, -0.2) is 44.2 Å². The molecule has 0 unspecified atom stereocenters. The van der Waals surface area contributed by atoms with Gasteiger partial charge in [-0.3, -0.25) is 0 Å². The average Bonchev–Trinajstić information content (AvgIpc) is 2.37. The number of aromatic carboxylic acids is 1. The monoisotopic (exact) mass is 328 g/mol. The van der Waals surface area contributed by atoms with Crippen LogP contribution >= 0.6 is 11.6 Å². The van der Waals surface area contributed by atoms with Crippen molar-refractivity contribution >= 4 is 17.6 Å². The molecule has 0 heterocycles. The molecule has 0 aliphatic rings. The summed E-state index contributed by atoms with van der Waals surface area (Å²) in [5, 5.41) is 8.84. The number of methoxy groups -OCH3 is 1. The van der Waals surface area contributed by atoms with E-state index < -0.39 is 18.8 Å². The Labute approximate surface area is 123 Å². The molecule has 0 aliphatic heterocycles. The predicted octanol–water partition coefficient (Wildman–Crippen LogP) is 3.00. The lowest BCUT2D eigenvalue weighted by Gasteiger charge is -2.13. The second-order valence-corrected chi connectivity index (χ2v) is 4.22. The van der Waals surface area contributed by atoms with Gasteiger partial charge >= 0.3 is 12.1 Å². The molecule has 0 fully saturated rings. The van der Waals surface area contributed by atoms with Crippen LogP contribution in [0.4, 0.5) is 13.2 Å². The molecular weight excluding hydrogens is 317 g/mol. The third kappa shape index (κ3) is 5.68. The van der Waals surface area contributed by atoms with Gasteiger partial charge in [0.15, 0.2) is 11.5 Å². The van der Waals surface area contributed by atoms with Crippen LogP contribution in [0.3, 0.4) is 0 Å². The Morgan fingerprint density at radius 3 is 2.52 bits per heavy atom. The highest BCUT2D eigenvalue weighted by molar-refractivity contribution is 6.32. The van der Waals surface area contributed by atoms with Gasteiger partial charge in [-0.25, -0.2) is 4.79 Å². The molecule has 0 saturated carbocycles. The quantitative estimate of drug-likeness (QED) is 0.779. The largest absolute Gasteiger partial charge is 0.493 e. The van der Waals surface area contributed by atoms with Crippen LogP contribution in [0.25, 0.3) is 0 Å². The minimum Gasteiger partial charge on any atom is -0.493 e. The summed E-state index contributed by atoms with van der Waals surface area (Å²) in [6, 6.07) is 2.35. The Morgan fingerprint density at radius 2 is 2.00 bits per heavy atom. The lowest BCUT2D eigenvalue weighted by Crippen LogP contribution is -2.19. The van der Waals surface area contributed by atoms with Gasteiger partial charge in [0, 0.05) is 0 Å². The molecule has 1 rings (SSSR count). The molecule has 1 aromatic carbocycles. The highest BCUT2D eigenvalue weighted by atomic mass is 35.5. The van der Waals surface area contributed by atoms with Crippen molar-refractivity contribution < 1.29 is 37.3 Å². The molecule has 9 heteroatoms. The van der Waals surface area contributed by atoms with Crippen LogP contribution in [0.1, 0.15) is 10.4 Å². The van der Waals surface area contributed by atoms with Gasteiger partial charge in [0.05, 0.1) is 24.3 Å². The third-order valence-corrected chi connectivity index (χ3v) is 2.50. The van der Waals surface area contributed by atoms with E-state index >= 15 is 0 Å². The number of halogens is 4. The fourth-order valence-electron chi connectivity index (χ4n) is 1.37. The smallest absolute Gasteiger partial charge is 0.411 e. The van der Waals surface area contributed by atoms with E-state index in [1.165, 1.54) is 13.2 Å². The summed E-state index contributed by atoms with van der Waals surface area (Å²) in [5.41, 5.74) is -0.0995. The SMILES string of the molecule is COc1cc(C(=O)O)cc(Cl)c1OCCOCC(F)(F)F. The first-order chi connectivity index (χ1) is 9.74. The molecule has 0 spiro atoms. The fraction of sp³-hybridized carbons (Fsp3) is 0.417. The van der Waals surface area contributed by atoms with E-state index in [9.17, 15) is 18.0 Å². The number of carboxylic acids is 1. The molecule has 5 nitrogen and oxygen atoms in total. The summed E-state index contributed by atoms with van der Waals surface area (Å²) in [6.45, 7) is -1.88. The van der Waals surface area contributed by atoms with Gasteiger partial charge in [0.1, 0.15) is 13.2 Å². The molecule has 21 heavy (non-hydrogen) atoms. The van der Waals surface area contributed by atoms with Crippen molar-refractivity contribution in [3.05, 3.63) is 22.7 Å². The second kappa shape index (κ2) is 7.37. The Balaban J connectivity index is 2.64. The number of alkyl halides is 3. The normalized spacial score (nSPS) is 11.3. The summed E-state index contributed by atoms with van der Waals surface area (Å²) >= 11 is 5.85. The van der Waals surface area contributed by atoms with Gasteiger partial charge in [-0.15, -0.1) is 0 Å². The summed E-state index contributed by atoms with van der Waals surface area (Å²) in [6.07, 6.45) is -4.40. The zero-order valence-electron chi connectivity index (χ0n) is 10.9. The van der Waals surface area contributed by atoms with Crippen LogP contribution in [0.2, 0.25) is 5.02 Å². The molecule has 0 bridgehead atoms. The molecule has 0 atom stereocenters. The van der Waals surface area contributed by atoms with Gasteiger partial charge in [-0.05, 0) is 12.1 Å². The van der Waals surface area contributed by atoms with Crippen molar-refractivity contribution in [3.63, 3.8) is 0 Å². The zero-order valence-corrected chi connectivity index (χ0v) is 11.6. The number of carboxylic acid groups (broad SMARTS) is 1. The van der Waals surface area contributed by atoms with Crippen molar-refractivity contribution in [1.82, 2.24) is 0 Å². The lowest BCUT2D eigenvalue weighted by atomic mass is 10.2. The highest BCUT2D eigenvalue weighted by Crippen LogP contribution is 2.36. The molecule has 1 N–H and O–H groups in total. The summed E-state index contributed by atoms with van der Waals surface area (Å²) in [7, 11) is 1.28. The van der Waals surface area contributed by atoms with Gasteiger partial charge < -0.3 is 19.3 Å². The van der Waals surface area contributed by atoms with E-state index in [0.717, 1.165) is 6.07 Å². The Hall–Kier alpha value is -1.67. The van der Waals surface area contributed by atoms with Gasteiger partial charge in [-0.1, -0.05) is 11.6 Å². The molecule has 1 aromatic rings. The fourth-order valence-corrected chi connectivity index (χ4v) is 1.64. The van der Waals surface area contributed by atoms with Crippen molar-refractivity contribution in [2.24, 2.45) is 0 Å². The van der Waals surface area contributed by atoms with Gasteiger partial charge in [0.25, 0.3) is 0 Å². The maximum Gasteiger partial charge on any atom is 0.411 e. The maximum absolute atomic E-state index is 11.8. The third-order valence-electron chi connectivity index (χ3n) is 2.22. The van der Waals surface area contributed by atoms with Crippen LogP contribution in [-0.2, 0) is 4.74 Å². The zero-order chi connectivity index (χ0) is 16.0. The van der Waals surface area contributed by atoms with Crippen molar-refractivity contribution in [1.29, 1.82) is 0 Å². The number of hydrogen-bond donors (Lipinski definition) is 1. The van der Waals surface area contributed by atoms with E-state index in [1.807, 2.05) is 0 Å². The minimum atomic E-state index is -4.40. The first-order valence-corrected chi connectivity index (χ1v) is 6.00. The number of ether oxygens (including phenoxy) is 3. The molecule has 118 valence electrons. The minimum absolute atomic E-state index is 0.0254. The summed E-state index contributed by atoms with van der Waals surface area (Å²) in [5.74, 6) is -1.09. The second-order valence-electron chi connectivity index (χ2n) is 3.81. The summed E-state index contributed by atoms with van der Waals surface area (Å²) < 4.78 is 50.0. The Kier molecular flexibility index (Phi) is 6.10. The van der Waals surface area contributed by atoms with E-state index in [0.29, 0.717) is 0 Å². The number of benzene rings is 1. The first kappa shape index (κ1) is 17.4. The van der Waals surface area contributed by atoms with E-state index in [4.69, 9.17) is 26.2 Å². The van der Waals surface area contributed by atoms with E-state index in [1.54, 1.807) is 0 Å². The number of hydrogen-bond acceptors (Lipinski definition) is 4. The van der Waals surface area contributed by atoms with Crippen LogP contribution in [0.15, 0.2) is 12.1 Å². The molecule has 0 aliphatic carbocycles. The molecule has 0 amide bonds.